The third kappa shape index (κ3) is 4.20. The lowest BCUT2D eigenvalue weighted by molar-refractivity contribution is -0.138. The predicted octanol–water partition coefficient (Wildman–Crippen LogP) is 5.30. The molecule has 0 aromatic heterocycles. The summed E-state index contributed by atoms with van der Waals surface area (Å²) in [4.78, 5) is 12.4. The van der Waals surface area contributed by atoms with E-state index in [1.807, 2.05) is 19.1 Å². The Bertz CT molecular complexity index is 690. The fourth-order valence-corrected chi connectivity index (χ4v) is 4.61. The summed E-state index contributed by atoms with van der Waals surface area (Å²) < 4.78 is 43.1. The molecular weight excluding hydrogens is 367 g/mol. The van der Waals surface area contributed by atoms with Crippen LogP contribution in [-0.2, 0) is 10.2 Å². The highest BCUT2D eigenvalue weighted by Crippen LogP contribution is 2.57. The number of halogens is 3. The van der Waals surface area contributed by atoms with E-state index in [9.17, 15) is 18.0 Å². The highest BCUT2D eigenvalue weighted by molar-refractivity contribution is 5.83. The Morgan fingerprint density at radius 2 is 1.75 bits per heavy atom. The molecule has 3 saturated carbocycles. The smallest absolute Gasteiger partial charge is 0.255 e. The topological polar surface area (TPSA) is 38.3 Å². The molecule has 2 bridgehead atoms. The summed E-state index contributed by atoms with van der Waals surface area (Å²) in [7, 11) is 0. The van der Waals surface area contributed by atoms with Crippen molar-refractivity contribution in [2.24, 2.45) is 5.41 Å². The second-order valence-corrected chi connectivity index (χ2v) is 8.10. The van der Waals surface area contributed by atoms with Gasteiger partial charge >= 0.3 is 0 Å². The van der Waals surface area contributed by atoms with Crippen molar-refractivity contribution in [2.45, 2.75) is 63.7 Å². The maximum Gasteiger partial charge on any atom is 0.255 e. The van der Waals surface area contributed by atoms with E-state index in [-0.39, 0.29) is 17.9 Å². The van der Waals surface area contributed by atoms with Crippen LogP contribution in [0.1, 0.15) is 57.4 Å². The minimum Gasteiger partial charge on any atom is -0.489 e. The van der Waals surface area contributed by atoms with Crippen molar-refractivity contribution in [2.75, 3.05) is 13.2 Å². The molecule has 3 aliphatic rings. The molecule has 1 amide bonds. The molecule has 4 rings (SSSR count). The maximum atomic E-state index is 12.6. The summed E-state index contributed by atoms with van der Waals surface area (Å²) >= 11 is 0. The zero-order chi connectivity index (χ0) is 20.2. The first-order valence-corrected chi connectivity index (χ1v) is 10.0. The summed E-state index contributed by atoms with van der Waals surface area (Å²) in [5.74, 6) is 0.498. The first-order valence-electron chi connectivity index (χ1n) is 10.0. The lowest BCUT2D eigenvalue weighted by Crippen LogP contribution is -2.52. The minimum absolute atomic E-state index is 0.0523. The fraction of sp³-hybridized carbons (Fsp3) is 0.591. The SMILES string of the molecule is CC/C(=C\F)COc1ccc(C23CCC(C(=O)NCC(F)F)(CC2)CC3)cc1. The van der Waals surface area contributed by atoms with Gasteiger partial charge in [-0.3, -0.25) is 4.79 Å². The largest absolute Gasteiger partial charge is 0.489 e. The molecule has 3 aliphatic carbocycles. The van der Waals surface area contributed by atoms with Crippen molar-refractivity contribution < 1.29 is 22.7 Å². The molecule has 0 unspecified atom stereocenters. The molecule has 3 nitrogen and oxygen atoms in total. The Balaban J connectivity index is 1.61. The summed E-state index contributed by atoms with van der Waals surface area (Å²) in [6.07, 6.45) is 3.58. The number of alkyl halides is 2. The lowest BCUT2D eigenvalue weighted by atomic mass is 9.51. The number of amides is 1. The Kier molecular flexibility index (Phi) is 6.36. The van der Waals surface area contributed by atoms with Crippen LogP contribution in [0.4, 0.5) is 13.2 Å². The average Bonchev–Trinajstić information content (AvgIpc) is 2.74. The second-order valence-electron chi connectivity index (χ2n) is 8.10. The van der Waals surface area contributed by atoms with E-state index < -0.39 is 18.4 Å². The fourth-order valence-electron chi connectivity index (χ4n) is 4.61. The Morgan fingerprint density at radius 3 is 2.25 bits per heavy atom. The van der Waals surface area contributed by atoms with Gasteiger partial charge in [-0.05, 0) is 73.6 Å². The van der Waals surface area contributed by atoms with E-state index in [1.54, 1.807) is 0 Å². The van der Waals surface area contributed by atoms with Crippen molar-refractivity contribution in [1.29, 1.82) is 0 Å². The lowest BCUT2D eigenvalue weighted by Gasteiger charge is -2.52. The van der Waals surface area contributed by atoms with E-state index in [1.165, 1.54) is 5.56 Å². The van der Waals surface area contributed by atoms with Crippen LogP contribution in [-0.4, -0.2) is 25.5 Å². The Morgan fingerprint density at radius 1 is 1.14 bits per heavy atom. The predicted molar refractivity (Wildman–Crippen MR) is 102 cm³/mol. The molecule has 1 aromatic carbocycles. The number of rotatable bonds is 8. The van der Waals surface area contributed by atoms with Crippen LogP contribution >= 0.6 is 0 Å². The van der Waals surface area contributed by atoms with E-state index in [4.69, 9.17) is 4.74 Å². The summed E-state index contributed by atoms with van der Waals surface area (Å²) in [5.41, 5.74) is 1.42. The molecular formula is C22H28F3NO2. The quantitative estimate of drug-likeness (QED) is 0.648. The molecule has 6 heteroatoms. The van der Waals surface area contributed by atoms with E-state index in [0.29, 0.717) is 24.1 Å². The minimum atomic E-state index is -2.51. The molecule has 3 fully saturated rings. The molecule has 0 atom stereocenters. The number of ether oxygens (including phenoxy) is 1. The zero-order valence-electron chi connectivity index (χ0n) is 16.3. The molecule has 0 saturated heterocycles. The van der Waals surface area contributed by atoms with Gasteiger partial charge in [-0.2, -0.15) is 0 Å². The molecule has 0 spiro atoms. The third-order valence-corrected chi connectivity index (χ3v) is 6.64. The monoisotopic (exact) mass is 395 g/mol. The van der Waals surface area contributed by atoms with Crippen LogP contribution < -0.4 is 10.1 Å². The summed E-state index contributed by atoms with van der Waals surface area (Å²) in [6, 6.07) is 7.97. The number of nitrogens with one attached hydrogen (secondary N) is 1. The second kappa shape index (κ2) is 8.58. The Hall–Kier alpha value is -1.98. The van der Waals surface area contributed by atoms with Crippen LogP contribution in [0.25, 0.3) is 0 Å². The van der Waals surface area contributed by atoms with Gasteiger partial charge in [-0.15, -0.1) is 0 Å². The molecule has 28 heavy (non-hydrogen) atoms. The van der Waals surface area contributed by atoms with Gasteiger partial charge in [0.2, 0.25) is 5.91 Å². The van der Waals surface area contributed by atoms with Crippen molar-refractivity contribution in [1.82, 2.24) is 5.32 Å². The standard InChI is InChI=1S/C22H28F3NO2/c1-2-16(13-23)15-28-18-5-3-17(4-6-18)21-7-10-22(11-8-21,12-9-21)20(27)26-14-19(24)25/h3-6,13,19H,2,7-12,14-15H2,1H3,(H,26,27)/b16-13+. The van der Waals surface area contributed by atoms with Gasteiger partial charge in [-0.25, -0.2) is 13.2 Å². The number of hydrogen-bond donors (Lipinski definition) is 1. The molecule has 0 heterocycles. The number of carbonyl (C=O) groups is 1. The van der Waals surface area contributed by atoms with Crippen molar-refractivity contribution >= 4 is 5.91 Å². The van der Waals surface area contributed by atoms with Crippen LogP contribution in [0.15, 0.2) is 36.2 Å². The summed E-state index contributed by atoms with van der Waals surface area (Å²) in [6.45, 7) is 1.56. The number of hydrogen-bond acceptors (Lipinski definition) is 2. The molecule has 1 aromatic rings. The number of carbonyl (C=O) groups excluding carboxylic acids is 1. The molecule has 0 aliphatic heterocycles. The zero-order valence-corrected chi connectivity index (χ0v) is 16.3. The van der Waals surface area contributed by atoms with Gasteiger partial charge in [0.1, 0.15) is 12.4 Å². The average molecular weight is 395 g/mol. The maximum absolute atomic E-state index is 12.6. The van der Waals surface area contributed by atoms with Crippen molar-refractivity contribution in [3.05, 3.63) is 41.7 Å². The van der Waals surface area contributed by atoms with E-state index in [2.05, 4.69) is 17.4 Å². The van der Waals surface area contributed by atoms with Gasteiger partial charge in [-0.1, -0.05) is 19.1 Å². The normalized spacial score (nSPS) is 27.1. The van der Waals surface area contributed by atoms with Gasteiger partial charge < -0.3 is 10.1 Å². The van der Waals surface area contributed by atoms with Gasteiger partial charge in [0.25, 0.3) is 6.43 Å². The Labute approximate surface area is 164 Å². The van der Waals surface area contributed by atoms with Gasteiger partial charge in [0, 0.05) is 5.41 Å². The number of fused-ring (bicyclic) bond motifs is 3. The van der Waals surface area contributed by atoms with Crippen molar-refractivity contribution in [3.8, 4) is 5.75 Å². The first kappa shape index (κ1) is 20.7. The summed E-state index contributed by atoms with van der Waals surface area (Å²) in [5, 5.41) is 2.42. The van der Waals surface area contributed by atoms with Crippen LogP contribution in [0.3, 0.4) is 0 Å². The van der Waals surface area contributed by atoms with Crippen LogP contribution in [0.2, 0.25) is 0 Å². The van der Waals surface area contributed by atoms with E-state index in [0.717, 1.165) is 38.5 Å². The van der Waals surface area contributed by atoms with Gasteiger partial charge in [0.15, 0.2) is 0 Å². The van der Waals surface area contributed by atoms with Crippen molar-refractivity contribution in [3.63, 3.8) is 0 Å². The molecule has 0 radical (unpaired) electrons. The first-order chi connectivity index (χ1) is 13.4. The van der Waals surface area contributed by atoms with E-state index >= 15 is 0 Å². The van der Waals surface area contributed by atoms with Crippen LogP contribution in [0, 0.1) is 5.41 Å². The number of benzene rings is 1. The molecule has 154 valence electrons. The highest BCUT2D eigenvalue weighted by Gasteiger charge is 2.52. The van der Waals surface area contributed by atoms with Gasteiger partial charge in [0.05, 0.1) is 12.9 Å². The third-order valence-electron chi connectivity index (χ3n) is 6.64. The van der Waals surface area contributed by atoms with Crippen LogP contribution in [0.5, 0.6) is 5.75 Å². The molecule has 1 N–H and O–H groups in total. The highest BCUT2D eigenvalue weighted by atomic mass is 19.3.